The molecular formula is C17H24N2O2. The highest BCUT2D eigenvalue weighted by molar-refractivity contribution is 5.79. The third-order valence-corrected chi connectivity index (χ3v) is 4.43. The molecule has 1 aromatic rings. The molecule has 3 rings (SSSR count). The number of amides is 1. The molecule has 0 aromatic heterocycles. The Hall–Kier alpha value is -1.39. The number of nitrogens with zero attached hydrogens (tertiary/aromatic N) is 2. The van der Waals surface area contributed by atoms with Crippen molar-refractivity contribution in [1.29, 1.82) is 0 Å². The van der Waals surface area contributed by atoms with E-state index in [2.05, 4.69) is 29.2 Å². The predicted molar refractivity (Wildman–Crippen MR) is 81.8 cm³/mol. The summed E-state index contributed by atoms with van der Waals surface area (Å²) < 4.78 is 5.33. The normalized spacial score (nSPS) is 24.0. The van der Waals surface area contributed by atoms with E-state index < -0.39 is 0 Å². The Morgan fingerprint density at radius 3 is 2.67 bits per heavy atom. The van der Waals surface area contributed by atoms with E-state index in [4.69, 9.17) is 4.74 Å². The molecule has 0 N–H and O–H groups in total. The molecule has 4 heteroatoms. The van der Waals surface area contributed by atoms with E-state index in [1.54, 1.807) is 0 Å². The van der Waals surface area contributed by atoms with Crippen molar-refractivity contribution in [3.05, 3.63) is 35.9 Å². The van der Waals surface area contributed by atoms with E-state index in [9.17, 15) is 4.79 Å². The fraction of sp³-hybridized carbons (Fsp3) is 0.588. The van der Waals surface area contributed by atoms with Crippen LogP contribution in [0.4, 0.5) is 0 Å². The molecule has 0 spiro atoms. The van der Waals surface area contributed by atoms with E-state index in [0.717, 1.165) is 45.6 Å². The zero-order valence-electron chi connectivity index (χ0n) is 12.5. The number of morpholine rings is 1. The largest absolute Gasteiger partial charge is 0.378 e. The standard InChI is InChI=1S/C17H24N2O2/c20-17(19-9-11-21-12-10-19)16-7-4-8-18(14-16)13-15-5-2-1-3-6-15/h1-3,5-6,16H,4,7-14H2. The van der Waals surface area contributed by atoms with Gasteiger partial charge in [0, 0.05) is 26.2 Å². The van der Waals surface area contributed by atoms with Gasteiger partial charge in [-0.1, -0.05) is 30.3 Å². The van der Waals surface area contributed by atoms with Gasteiger partial charge in [-0.05, 0) is 24.9 Å². The molecule has 4 nitrogen and oxygen atoms in total. The molecule has 2 aliphatic rings. The minimum absolute atomic E-state index is 0.167. The summed E-state index contributed by atoms with van der Waals surface area (Å²) in [6, 6.07) is 10.5. The van der Waals surface area contributed by atoms with Gasteiger partial charge in [0.15, 0.2) is 0 Å². The Labute approximate surface area is 126 Å². The number of carbonyl (C=O) groups is 1. The Bertz CT molecular complexity index is 457. The van der Waals surface area contributed by atoms with Gasteiger partial charge in [0.25, 0.3) is 0 Å². The van der Waals surface area contributed by atoms with Crippen LogP contribution in [0.5, 0.6) is 0 Å². The molecule has 1 amide bonds. The zero-order valence-corrected chi connectivity index (χ0v) is 12.5. The Kier molecular flexibility index (Phi) is 4.88. The van der Waals surface area contributed by atoms with Crippen LogP contribution in [0.2, 0.25) is 0 Å². The summed E-state index contributed by atoms with van der Waals surface area (Å²) in [6.45, 7) is 5.83. The van der Waals surface area contributed by atoms with Crippen molar-refractivity contribution in [3.63, 3.8) is 0 Å². The quantitative estimate of drug-likeness (QED) is 0.849. The van der Waals surface area contributed by atoms with Crippen molar-refractivity contribution in [2.24, 2.45) is 5.92 Å². The lowest BCUT2D eigenvalue weighted by atomic mass is 9.96. The van der Waals surface area contributed by atoms with E-state index in [1.165, 1.54) is 5.56 Å². The van der Waals surface area contributed by atoms with Gasteiger partial charge in [-0.25, -0.2) is 0 Å². The lowest BCUT2D eigenvalue weighted by Gasteiger charge is -2.36. The second-order valence-electron chi connectivity index (χ2n) is 6.00. The molecule has 2 heterocycles. The minimum atomic E-state index is 0.167. The van der Waals surface area contributed by atoms with E-state index >= 15 is 0 Å². The zero-order chi connectivity index (χ0) is 14.5. The van der Waals surface area contributed by atoms with Crippen molar-refractivity contribution in [2.75, 3.05) is 39.4 Å². The summed E-state index contributed by atoms with van der Waals surface area (Å²) in [6.07, 6.45) is 2.15. The number of rotatable bonds is 3. The summed E-state index contributed by atoms with van der Waals surface area (Å²) in [5, 5.41) is 0. The molecule has 2 fully saturated rings. The average Bonchev–Trinajstić information content (AvgIpc) is 2.56. The highest BCUT2D eigenvalue weighted by Gasteiger charge is 2.29. The molecule has 0 radical (unpaired) electrons. The van der Waals surface area contributed by atoms with Crippen LogP contribution < -0.4 is 0 Å². The van der Waals surface area contributed by atoms with Crippen LogP contribution >= 0.6 is 0 Å². The number of hydrogen-bond donors (Lipinski definition) is 0. The number of likely N-dealkylation sites (tertiary alicyclic amines) is 1. The minimum Gasteiger partial charge on any atom is -0.378 e. The summed E-state index contributed by atoms with van der Waals surface area (Å²) >= 11 is 0. The second-order valence-corrected chi connectivity index (χ2v) is 6.00. The summed E-state index contributed by atoms with van der Waals surface area (Å²) in [4.78, 5) is 17.0. The number of hydrogen-bond acceptors (Lipinski definition) is 3. The fourth-order valence-corrected chi connectivity index (χ4v) is 3.28. The van der Waals surface area contributed by atoms with Crippen LogP contribution in [-0.2, 0) is 16.1 Å². The van der Waals surface area contributed by atoms with Crippen LogP contribution in [-0.4, -0.2) is 55.1 Å². The molecule has 0 bridgehead atoms. The Morgan fingerprint density at radius 1 is 1.14 bits per heavy atom. The fourth-order valence-electron chi connectivity index (χ4n) is 3.28. The number of carbonyl (C=O) groups excluding carboxylic acids is 1. The van der Waals surface area contributed by atoms with Gasteiger partial charge >= 0.3 is 0 Å². The number of benzene rings is 1. The lowest BCUT2D eigenvalue weighted by Crippen LogP contribution is -2.48. The summed E-state index contributed by atoms with van der Waals surface area (Å²) in [7, 11) is 0. The molecule has 0 aliphatic carbocycles. The van der Waals surface area contributed by atoms with Crippen LogP contribution in [0.3, 0.4) is 0 Å². The molecule has 0 saturated carbocycles. The molecule has 2 aliphatic heterocycles. The smallest absolute Gasteiger partial charge is 0.227 e. The predicted octanol–water partition coefficient (Wildman–Crippen LogP) is 1.76. The van der Waals surface area contributed by atoms with Gasteiger partial charge in [-0.2, -0.15) is 0 Å². The van der Waals surface area contributed by atoms with Crippen molar-refractivity contribution in [2.45, 2.75) is 19.4 Å². The maximum Gasteiger partial charge on any atom is 0.227 e. The molecule has 114 valence electrons. The van der Waals surface area contributed by atoms with Crippen molar-refractivity contribution >= 4 is 5.91 Å². The Balaban J connectivity index is 1.56. The lowest BCUT2D eigenvalue weighted by molar-refractivity contribution is -0.141. The molecule has 21 heavy (non-hydrogen) atoms. The number of piperidine rings is 1. The van der Waals surface area contributed by atoms with E-state index in [-0.39, 0.29) is 5.92 Å². The monoisotopic (exact) mass is 288 g/mol. The van der Waals surface area contributed by atoms with Gasteiger partial charge in [0.1, 0.15) is 0 Å². The maximum absolute atomic E-state index is 12.6. The van der Waals surface area contributed by atoms with Crippen LogP contribution in [0.15, 0.2) is 30.3 Å². The van der Waals surface area contributed by atoms with Crippen LogP contribution in [0.1, 0.15) is 18.4 Å². The Morgan fingerprint density at radius 2 is 1.90 bits per heavy atom. The maximum atomic E-state index is 12.6. The SMILES string of the molecule is O=C(C1CCCN(Cc2ccccc2)C1)N1CCOCC1. The third kappa shape index (κ3) is 3.83. The topological polar surface area (TPSA) is 32.8 Å². The first-order valence-electron chi connectivity index (χ1n) is 7.96. The van der Waals surface area contributed by atoms with Crippen molar-refractivity contribution < 1.29 is 9.53 Å². The van der Waals surface area contributed by atoms with Gasteiger partial charge in [0.2, 0.25) is 5.91 Å². The molecule has 1 unspecified atom stereocenters. The van der Waals surface area contributed by atoms with Crippen molar-refractivity contribution in [1.82, 2.24) is 9.80 Å². The van der Waals surface area contributed by atoms with Crippen LogP contribution in [0, 0.1) is 5.92 Å². The van der Waals surface area contributed by atoms with E-state index in [1.807, 2.05) is 11.0 Å². The summed E-state index contributed by atoms with van der Waals surface area (Å²) in [5.74, 6) is 0.497. The summed E-state index contributed by atoms with van der Waals surface area (Å²) in [5.41, 5.74) is 1.33. The molecule has 2 saturated heterocycles. The van der Waals surface area contributed by atoms with Gasteiger partial charge < -0.3 is 9.64 Å². The number of ether oxygens (including phenoxy) is 1. The second kappa shape index (κ2) is 7.05. The van der Waals surface area contributed by atoms with Gasteiger partial charge in [-0.15, -0.1) is 0 Å². The highest BCUT2D eigenvalue weighted by Crippen LogP contribution is 2.21. The highest BCUT2D eigenvalue weighted by atomic mass is 16.5. The van der Waals surface area contributed by atoms with E-state index in [0.29, 0.717) is 19.1 Å². The first-order chi connectivity index (χ1) is 10.3. The molecule has 1 atom stereocenters. The first-order valence-corrected chi connectivity index (χ1v) is 7.96. The van der Waals surface area contributed by atoms with Gasteiger partial charge in [-0.3, -0.25) is 9.69 Å². The third-order valence-electron chi connectivity index (χ3n) is 4.43. The van der Waals surface area contributed by atoms with Gasteiger partial charge in [0.05, 0.1) is 19.1 Å². The average molecular weight is 288 g/mol. The van der Waals surface area contributed by atoms with Crippen LogP contribution in [0.25, 0.3) is 0 Å². The van der Waals surface area contributed by atoms with Crippen molar-refractivity contribution in [3.8, 4) is 0 Å². The first kappa shape index (κ1) is 14.5. The molecule has 1 aromatic carbocycles. The molecular weight excluding hydrogens is 264 g/mol.